The standard InChI is InChI=1S/C18H23N5O5PS/c1-11(24)15(25)16(12(2)27-29(30)28-13-6-4-3-5-7-13)26-10-23-9-22-14-17(19)20-8-21-18(14)23/h3-9,11-12,15-16,24-25H,10H2,1-2H3,(H2,19,20,21)/q+1. The van der Waals surface area contributed by atoms with Crippen LogP contribution in [-0.2, 0) is 27.8 Å². The first kappa shape index (κ1) is 22.4. The Kier molecular flexibility index (Phi) is 7.59. The average molecular weight is 452 g/mol. The molecule has 2 aromatic heterocycles. The van der Waals surface area contributed by atoms with Crippen molar-refractivity contribution in [1.82, 2.24) is 19.5 Å². The molecule has 3 rings (SSSR count). The molecule has 0 amide bonds. The highest BCUT2D eigenvalue weighted by atomic mass is 32.4. The number of para-hydroxylation sites is 1. The molecule has 4 N–H and O–H groups in total. The van der Waals surface area contributed by atoms with Crippen LogP contribution in [0.25, 0.3) is 11.2 Å². The van der Waals surface area contributed by atoms with Gasteiger partial charge in [0.15, 0.2) is 17.2 Å². The Morgan fingerprint density at radius 1 is 1.17 bits per heavy atom. The van der Waals surface area contributed by atoms with Crippen molar-refractivity contribution in [3.8, 4) is 5.75 Å². The molecule has 1 aromatic carbocycles. The molecule has 10 nitrogen and oxygen atoms in total. The fourth-order valence-electron chi connectivity index (χ4n) is 2.73. The summed E-state index contributed by atoms with van der Waals surface area (Å²) in [6, 6.07) is 9.06. The van der Waals surface area contributed by atoms with E-state index in [4.69, 9.17) is 31.3 Å². The molecule has 5 atom stereocenters. The van der Waals surface area contributed by atoms with Crippen molar-refractivity contribution in [3.63, 3.8) is 0 Å². The molecule has 0 bridgehead atoms. The lowest BCUT2D eigenvalue weighted by Gasteiger charge is -2.27. The van der Waals surface area contributed by atoms with Crippen LogP contribution in [0, 0.1) is 0 Å². The first-order valence-electron chi connectivity index (χ1n) is 9.13. The van der Waals surface area contributed by atoms with E-state index in [9.17, 15) is 10.2 Å². The van der Waals surface area contributed by atoms with Crippen molar-refractivity contribution in [1.29, 1.82) is 0 Å². The number of ether oxygens (including phenoxy) is 1. The molecule has 3 aromatic rings. The second kappa shape index (κ2) is 10.2. The fourth-order valence-corrected chi connectivity index (χ4v) is 4.12. The van der Waals surface area contributed by atoms with Gasteiger partial charge in [0.25, 0.3) is 0 Å². The minimum absolute atomic E-state index is 0.00992. The summed E-state index contributed by atoms with van der Waals surface area (Å²) in [5, 5.41) is 20.3. The molecule has 2 heterocycles. The van der Waals surface area contributed by atoms with E-state index < -0.39 is 31.6 Å². The maximum atomic E-state index is 10.5. The lowest BCUT2D eigenvalue weighted by molar-refractivity contribution is -0.135. The van der Waals surface area contributed by atoms with Gasteiger partial charge in [0.2, 0.25) is 11.8 Å². The van der Waals surface area contributed by atoms with Crippen LogP contribution >= 0.6 is 7.15 Å². The highest BCUT2D eigenvalue weighted by Gasteiger charge is 2.35. The summed E-state index contributed by atoms with van der Waals surface area (Å²) in [6.07, 6.45) is -1.000. The predicted molar refractivity (Wildman–Crippen MR) is 114 cm³/mol. The van der Waals surface area contributed by atoms with Gasteiger partial charge in [-0.2, -0.15) is 0 Å². The molecule has 0 spiro atoms. The van der Waals surface area contributed by atoms with Gasteiger partial charge >= 0.3 is 7.15 Å². The summed E-state index contributed by atoms with van der Waals surface area (Å²) < 4.78 is 18.8. The van der Waals surface area contributed by atoms with Gasteiger partial charge < -0.3 is 20.7 Å². The molecular weight excluding hydrogens is 429 g/mol. The van der Waals surface area contributed by atoms with Crippen LogP contribution in [0.3, 0.4) is 0 Å². The van der Waals surface area contributed by atoms with Crippen LogP contribution in [-0.4, -0.2) is 54.1 Å². The average Bonchev–Trinajstić information content (AvgIpc) is 3.13. The summed E-state index contributed by atoms with van der Waals surface area (Å²) in [7, 11) is -1.71. The monoisotopic (exact) mass is 452 g/mol. The normalized spacial score (nSPS) is 16.1. The molecule has 0 radical (unpaired) electrons. The Bertz CT molecular complexity index is 990. The Hall–Kier alpha value is -2.27. The van der Waals surface area contributed by atoms with E-state index in [1.807, 2.05) is 18.2 Å². The topological polar surface area (TPSA) is 138 Å². The molecule has 0 aliphatic heterocycles. The lowest BCUT2D eigenvalue weighted by atomic mass is 10.1. The number of fused-ring (bicyclic) bond motifs is 1. The van der Waals surface area contributed by atoms with E-state index in [2.05, 4.69) is 15.0 Å². The number of anilines is 1. The van der Waals surface area contributed by atoms with E-state index in [1.165, 1.54) is 19.6 Å². The molecule has 0 aliphatic rings. The maximum absolute atomic E-state index is 10.5. The summed E-state index contributed by atoms with van der Waals surface area (Å²) in [5.41, 5.74) is 6.73. The third kappa shape index (κ3) is 5.45. The summed E-state index contributed by atoms with van der Waals surface area (Å²) in [5.74, 6) is 0.840. The number of nitrogens with two attached hydrogens (primary N) is 1. The maximum Gasteiger partial charge on any atom is 0.574 e. The zero-order valence-electron chi connectivity index (χ0n) is 16.4. The molecule has 5 unspecified atom stereocenters. The van der Waals surface area contributed by atoms with Gasteiger partial charge in [0.05, 0.1) is 12.4 Å². The fraction of sp³-hybridized carbons (Fsp3) is 0.389. The van der Waals surface area contributed by atoms with Gasteiger partial charge in [-0.1, -0.05) is 18.2 Å². The number of rotatable bonds is 10. The highest BCUT2D eigenvalue weighted by molar-refractivity contribution is 8.00. The second-order valence-electron chi connectivity index (χ2n) is 6.58. The number of nitrogen functional groups attached to an aromatic ring is 1. The number of benzene rings is 1. The Labute approximate surface area is 179 Å². The number of imidazole rings is 1. The number of aromatic nitrogens is 4. The summed E-state index contributed by atoms with van der Waals surface area (Å²) in [6.45, 7) is 3.15. The first-order chi connectivity index (χ1) is 14.4. The second-order valence-corrected chi connectivity index (χ2v) is 8.31. The largest absolute Gasteiger partial charge is 0.574 e. The molecule has 0 saturated carbocycles. The molecule has 0 saturated heterocycles. The predicted octanol–water partition coefficient (Wildman–Crippen LogP) is 1.75. The number of hydrogen-bond acceptors (Lipinski definition) is 10. The van der Waals surface area contributed by atoms with Crippen LogP contribution < -0.4 is 10.3 Å². The minimum Gasteiger partial charge on any atom is -0.391 e. The van der Waals surface area contributed by atoms with Crippen LogP contribution in [0.2, 0.25) is 0 Å². The van der Waals surface area contributed by atoms with Gasteiger partial charge in [-0.25, -0.2) is 15.0 Å². The molecule has 0 aliphatic carbocycles. The third-order valence-electron chi connectivity index (χ3n) is 4.30. The van der Waals surface area contributed by atoms with Crippen LogP contribution in [0.15, 0.2) is 43.0 Å². The lowest BCUT2D eigenvalue weighted by Crippen LogP contribution is -2.44. The molecule has 0 fully saturated rings. The SMILES string of the molecule is CC(O)C(O)C(OCn1cnc2c(N)ncnc21)C(C)O[P+](=S)Oc1ccccc1. The Balaban J connectivity index is 1.69. The van der Waals surface area contributed by atoms with Gasteiger partial charge in [0.1, 0.15) is 36.9 Å². The van der Waals surface area contributed by atoms with Crippen molar-refractivity contribution >= 4 is 35.9 Å². The van der Waals surface area contributed by atoms with Crippen LogP contribution in [0.4, 0.5) is 5.82 Å². The molecule has 30 heavy (non-hydrogen) atoms. The van der Waals surface area contributed by atoms with Crippen LogP contribution in [0.5, 0.6) is 5.75 Å². The van der Waals surface area contributed by atoms with Crippen molar-refractivity contribution in [2.75, 3.05) is 5.73 Å². The van der Waals surface area contributed by atoms with Gasteiger partial charge in [-0.05, 0) is 26.0 Å². The van der Waals surface area contributed by atoms with Crippen molar-refractivity contribution in [3.05, 3.63) is 43.0 Å². The smallest absolute Gasteiger partial charge is 0.391 e. The van der Waals surface area contributed by atoms with Crippen molar-refractivity contribution < 1.29 is 24.0 Å². The van der Waals surface area contributed by atoms with Crippen molar-refractivity contribution in [2.24, 2.45) is 0 Å². The highest BCUT2D eigenvalue weighted by Crippen LogP contribution is 2.31. The van der Waals surface area contributed by atoms with E-state index >= 15 is 0 Å². The molecular formula is C18H23N5O5PS+. The van der Waals surface area contributed by atoms with Gasteiger partial charge in [0, 0.05) is 0 Å². The molecule has 12 heteroatoms. The number of nitrogens with zero attached hydrogens (tertiary/aromatic N) is 4. The Morgan fingerprint density at radius 3 is 2.60 bits per heavy atom. The van der Waals surface area contributed by atoms with E-state index in [-0.39, 0.29) is 12.5 Å². The van der Waals surface area contributed by atoms with E-state index in [0.717, 1.165) is 0 Å². The summed E-state index contributed by atoms with van der Waals surface area (Å²) >= 11 is 5.28. The number of aliphatic hydroxyl groups is 2. The third-order valence-corrected chi connectivity index (χ3v) is 5.65. The zero-order valence-corrected chi connectivity index (χ0v) is 18.1. The molecule has 160 valence electrons. The van der Waals surface area contributed by atoms with Crippen LogP contribution in [0.1, 0.15) is 13.8 Å². The van der Waals surface area contributed by atoms with E-state index in [1.54, 1.807) is 23.6 Å². The van der Waals surface area contributed by atoms with Gasteiger partial charge in [-0.15, -0.1) is 4.52 Å². The van der Waals surface area contributed by atoms with Crippen molar-refractivity contribution in [2.45, 2.75) is 45.0 Å². The zero-order chi connectivity index (χ0) is 21.7. The quantitative estimate of drug-likeness (QED) is 0.390. The van der Waals surface area contributed by atoms with E-state index in [0.29, 0.717) is 16.9 Å². The Morgan fingerprint density at radius 2 is 1.90 bits per heavy atom. The summed E-state index contributed by atoms with van der Waals surface area (Å²) in [4.78, 5) is 12.2. The first-order valence-corrected chi connectivity index (χ1v) is 11.3. The number of hydrogen-bond donors (Lipinski definition) is 3. The minimum atomic E-state index is -1.71. The number of aliphatic hydroxyl groups excluding tert-OH is 2. The van der Waals surface area contributed by atoms with Gasteiger partial charge in [-0.3, -0.25) is 9.09 Å².